The van der Waals surface area contributed by atoms with Crippen LogP contribution in [0.2, 0.25) is 0 Å². The second-order valence-electron chi connectivity index (χ2n) is 4.03. The van der Waals surface area contributed by atoms with E-state index in [1.807, 2.05) is 6.92 Å². The number of sulfonamides is 1. The van der Waals surface area contributed by atoms with Crippen molar-refractivity contribution in [2.45, 2.75) is 18.7 Å². The first-order valence-corrected chi connectivity index (χ1v) is 7.25. The van der Waals surface area contributed by atoms with Crippen molar-refractivity contribution in [3.05, 3.63) is 29.8 Å². The summed E-state index contributed by atoms with van der Waals surface area (Å²) in [6, 6.07) is 6.45. The Kier molecular flexibility index (Phi) is 5.46. The number of carbonyl (C=O) groups is 1. The van der Waals surface area contributed by atoms with Crippen LogP contribution in [0.3, 0.4) is 0 Å². The second kappa shape index (κ2) is 6.65. The molecule has 0 saturated carbocycles. The van der Waals surface area contributed by atoms with Gasteiger partial charge in [0.1, 0.15) is 0 Å². The Labute approximate surface area is 113 Å². The second-order valence-corrected chi connectivity index (χ2v) is 6.08. The van der Waals surface area contributed by atoms with E-state index in [2.05, 4.69) is 5.48 Å². The zero-order valence-electron chi connectivity index (χ0n) is 11.2. The molecule has 1 aromatic carbocycles. The minimum absolute atomic E-state index is 0.157. The summed E-state index contributed by atoms with van der Waals surface area (Å²) in [5, 5.41) is 0. The highest BCUT2D eigenvalue weighted by Crippen LogP contribution is 2.14. The van der Waals surface area contributed by atoms with Crippen molar-refractivity contribution in [3.63, 3.8) is 0 Å². The van der Waals surface area contributed by atoms with Gasteiger partial charge in [0.05, 0.1) is 18.0 Å². The maximum Gasteiger partial charge on any atom is 0.258 e. The van der Waals surface area contributed by atoms with Crippen LogP contribution in [0.1, 0.15) is 12.5 Å². The van der Waals surface area contributed by atoms with Crippen molar-refractivity contribution in [1.29, 1.82) is 0 Å². The topological polar surface area (TPSA) is 75.7 Å². The van der Waals surface area contributed by atoms with Gasteiger partial charge in [-0.1, -0.05) is 17.7 Å². The highest BCUT2D eigenvalue weighted by Gasteiger charge is 2.22. The quantitative estimate of drug-likeness (QED) is 0.780. The van der Waals surface area contributed by atoms with Crippen LogP contribution in [0.25, 0.3) is 0 Å². The summed E-state index contributed by atoms with van der Waals surface area (Å²) in [7, 11) is -2.31. The van der Waals surface area contributed by atoms with Crippen molar-refractivity contribution < 1.29 is 18.0 Å². The van der Waals surface area contributed by atoms with Gasteiger partial charge in [-0.2, -0.15) is 4.31 Å². The van der Waals surface area contributed by atoms with Crippen LogP contribution in [-0.2, 0) is 19.7 Å². The third kappa shape index (κ3) is 4.30. The molecular formula is C12H18N2O4S. The normalized spacial score (nSPS) is 11.6. The molecule has 0 fully saturated rings. The predicted molar refractivity (Wildman–Crippen MR) is 70.8 cm³/mol. The first kappa shape index (κ1) is 15.6. The maximum absolute atomic E-state index is 12.2. The Hall–Kier alpha value is -1.44. The molecule has 6 nitrogen and oxygen atoms in total. The van der Waals surface area contributed by atoms with Gasteiger partial charge in [0.15, 0.2) is 0 Å². The molecule has 19 heavy (non-hydrogen) atoms. The van der Waals surface area contributed by atoms with Crippen molar-refractivity contribution >= 4 is 15.9 Å². The number of nitrogens with one attached hydrogen (secondary N) is 1. The van der Waals surface area contributed by atoms with Gasteiger partial charge in [-0.15, -0.1) is 0 Å². The predicted octanol–water partition coefficient (Wildman–Crippen LogP) is 0.683. The highest BCUT2D eigenvalue weighted by molar-refractivity contribution is 7.89. The molecule has 0 atom stereocenters. The molecule has 0 bridgehead atoms. The van der Waals surface area contributed by atoms with E-state index in [1.54, 1.807) is 19.1 Å². The van der Waals surface area contributed by atoms with Gasteiger partial charge in [-0.05, 0) is 26.0 Å². The lowest BCUT2D eigenvalue weighted by atomic mass is 10.2. The van der Waals surface area contributed by atoms with Crippen LogP contribution < -0.4 is 5.48 Å². The number of carbonyl (C=O) groups excluding carboxylic acids is 1. The smallest absolute Gasteiger partial charge is 0.258 e. The van der Waals surface area contributed by atoms with E-state index in [-0.39, 0.29) is 11.4 Å². The summed E-state index contributed by atoms with van der Waals surface area (Å²) in [6.07, 6.45) is 0. The molecule has 0 aliphatic carbocycles. The van der Waals surface area contributed by atoms with E-state index in [0.717, 1.165) is 9.87 Å². The standard InChI is InChI=1S/C12H18N2O4S/c1-4-18-13-12(15)9-14(3)19(16,17)11-7-5-10(2)6-8-11/h5-8H,4,9H2,1-3H3,(H,13,15). The first-order valence-electron chi connectivity index (χ1n) is 5.81. The Balaban J connectivity index is 2.77. The number of hydroxylamine groups is 1. The van der Waals surface area contributed by atoms with Crippen LogP contribution in [0.4, 0.5) is 0 Å². The summed E-state index contributed by atoms with van der Waals surface area (Å²) in [5.74, 6) is -0.514. The highest BCUT2D eigenvalue weighted by atomic mass is 32.2. The molecule has 0 unspecified atom stereocenters. The fourth-order valence-corrected chi connectivity index (χ4v) is 2.49. The van der Waals surface area contributed by atoms with Crippen molar-refractivity contribution in [2.75, 3.05) is 20.2 Å². The average Bonchev–Trinajstić information content (AvgIpc) is 2.36. The molecular weight excluding hydrogens is 268 g/mol. The number of likely N-dealkylation sites (N-methyl/N-ethyl adjacent to an activating group) is 1. The molecule has 0 spiro atoms. The van der Waals surface area contributed by atoms with Crippen LogP contribution in [0, 0.1) is 6.92 Å². The monoisotopic (exact) mass is 286 g/mol. The molecule has 0 saturated heterocycles. The first-order chi connectivity index (χ1) is 8.87. The van der Waals surface area contributed by atoms with Crippen molar-refractivity contribution in [1.82, 2.24) is 9.79 Å². The molecule has 1 N–H and O–H groups in total. The van der Waals surface area contributed by atoms with E-state index >= 15 is 0 Å². The zero-order chi connectivity index (χ0) is 14.5. The summed E-state index contributed by atoms with van der Waals surface area (Å²) in [6.45, 7) is 3.61. The van der Waals surface area contributed by atoms with Gasteiger partial charge < -0.3 is 0 Å². The van der Waals surface area contributed by atoms with E-state index < -0.39 is 15.9 Å². The van der Waals surface area contributed by atoms with Gasteiger partial charge in [0.2, 0.25) is 10.0 Å². The van der Waals surface area contributed by atoms with Crippen LogP contribution in [0.15, 0.2) is 29.2 Å². The number of hydrogen-bond acceptors (Lipinski definition) is 4. The number of rotatable bonds is 6. The minimum atomic E-state index is -3.66. The molecule has 0 aromatic heterocycles. The average molecular weight is 286 g/mol. The lowest BCUT2D eigenvalue weighted by Gasteiger charge is -2.16. The van der Waals surface area contributed by atoms with Gasteiger partial charge in [-0.3, -0.25) is 9.63 Å². The third-order valence-electron chi connectivity index (χ3n) is 2.43. The van der Waals surface area contributed by atoms with Gasteiger partial charge in [0, 0.05) is 7.05 Å². The molecule has 7 heteroatoms. The minimum Gasteiger partial charge on any atom is -0.274 e. The van der Waals surface area contributed by atoms with Crippen LogP contribution in [0.5, 0.6) is 0 Å². The van der Waals surface area contributed by atoms with Crippen LogP contribution in [-0.4, -0.2) is 38.8 Å². The molecule has 0 radical (unpaired) electrons. The molecule has 1 rings (SSSR count). The fourth-order valence-electron chi connectivity index (χ4n) is 1.36. The summed E-state index contributed by atoms with van der Waals surface area (Å²) in [4.78, 5) is 16.3. The zero-order valence-corrected chi connectivity index (χ0v) is 12.0. The van der Waals surface area contributed by atoms with Crippen molar-refractivity contribution in [3.8, 4) is 0 Å². The number of hydrogen-bond donors (Lipinski definition) is 1. The number of aryl methyl sites for hydroxylation is 1. The van der Waals surface area contributed by atoms with Crippen LogP contribution >= 0.6 is 0 Å². The molecule has 1 amide bonds. The Morgan fingerprint density at radius 2 is 1.89 bits per heavy atom. The lowest BCUT2D eigenvalue weighted by Crippen LogP contribution is -2.38. The molecule has 0 aliphatic rings. The fraction of sp³-hybridized carbons (Fsp3) is 0.417. The number of amides is 1. The third-order valence-corrected chi connectivity index (χ3v) is 4.24. The van der Waals surface area contributed by atoms with Gasteiger partial charge in [0.25, 0.3) is 5.91 Å². The van der Waals surface area contributed by atoms with Crippen molar-refractivity contribution in [2.24, 2.45) is 0 Å². The summed E-state index contributed by atoms with van der Waals surface area (Å²) in [5.41, 5.74) is 3.12. The molecule has 0 aliphatic heterocycles. The molecule has 1 aromatic rings. The van der Waals surface area contributed by atoms with Gasteiger partial charge in [-0.25, -0.2) is 13.9 Å². The Bertz CT molecular complexity index is 525. The van der Waals surface area contributed by atoms with E-state index in [1.165, 1.54) is 19.2 Å². The summed E-state index contributed by atoms with van der Waals surface area (Å²) >= 11 is 0. The Morgan fingerprint density at radius 1 is 1.32 bits per heavy atom. The lowest BCUT2D eigenvalue weighted by molar-refractivity contribution is -0.133. The molecule has 106 valence electrons. The summed E-state index contributed by atoms with van der Waals surface area (Å²) < 4.78 is 25.3. The van der Waals surface area contributed by atoms with E-state index in [0.29, 0.717) is 6.61 Å². The van der Waals surface area contributed by atoms with E-state index in [9.17, 15) is 13.2 Å². The largest absolute Gasteiger partial charge is 0.274 e. The van der Waals surface area contributed by atoms with E-state index in [4.69, 9.17) is 4.84 Å². The van der Waals surface area contributed by atoms with Gasteiger partial charge >= 0.3 is 0 Å². The SMILES string of the molecule is CCONC(=O)CN(C)S(=O)(=O)c1ccc(C)cc1. The maximum atomic E-state index is 12.2. The molecule has 0 heterocycles. The number of nitrogens with zero attached hydrogens (tertiary/aromatic N) is 1. The Morgan fingerprint density at radius 3 is 2.42 bits per heavy atom. The number of benzene rings is 1.